The lowest BCUT2D eigenvalue weighted by Crippen LogP contribution is -1.96. The van der Waals surface area contributed by atoms with Gasteiger partial charge in [0, 0.05) is 26.0 Å². The minimum Gasteiger partial charge on any atom is -0.424 e. The Balaban J connectivity index is 2.83. The maximum atomic E-state index is 5.46. The summed E-state index contributed by atoms with van der Waals surface area (Å²) in [4.78, 5) is 0. The second-order valence-corrected chi connectivity index (χ2v) is 5.87. The van der Waals surface area contributed by atoms with Crippen molar-refractivity contribution >= 4 is 18.5 Å². The molecule has 0 fully saturated rings. The number of benzene rings is 1. The molecule has 0 N–H and O–H groups in total. The maximum Gasteiger partial charge on any atom is 0.380 e. The van der Waals surface area contributed by atoms with E-state index in [1.807, 2.05) is 31.2 Å². The Bertz CT molecular complexity index is 346. The van der Waals surface area contributed by atoms with E-state index in [0.717, 1.165) is 5.56 Å². The largest absolute Gasteiger partial charge is 0.424 e. The molecule has 3 nitrogen and oxygen atoms in total. The van der Waals surface area contributed by atoms with Crippen LogP contribution in [0, 0.1) is 6.92 Å². The smallest absolute Gasteiger partial charge is 0.380 e. The average molecular weight is 232 g/mol. The van der Waals surface area contributed by atoms with E-state index in [4.69, 9.17) is 25.4 Å². The molecule has 0 saturated carbocycles. The van der Waals surface area contributed by atoms with Crippen LogP contribution in [-0.4, -0.2) is 14.2 Å². The summed E-state index contributed by atoms with van der Waals surface area (Å²) in [6, 6.07) is 7.59. The molecule has 1 aromatic rings. The molecule has 0 spiro atoms. The molecule has 0 aliphatic heterocycles. The Morgan fingerprint density at radius 3 is 2.36 bits per heavy atom. The van der Waals surface area contributed by atoms with Crippen LogP contribution in [0.25, 0.3) is 0 Å². The first-order valence-electron chi connectivity index (χ1n) is 4.07. The molecule has 78 valence electrons. The number of rotatable bonds is 4. The lowest BCUT2D eigenvalue weighted by Gasteiger charge is -2.18. The van der Waals surface area contributed by atoms with Crippen LogP contribution in [-0.2, 0) is 20.9 Å². The molecule has 0 heterocycles. The SMILES string of the molecule is COP(=S)(OC)Oc1cccc(C)c1. The Morgan fingerprint density at radius 2 is 1.86 bits per heavy atom. The number of aryl methyl sites for hydroxylation is 1. The molecule has 0 atom stereocenters. The van der Waals surface area contributed by atoms with E-state index in [2.05, 4.69) is 0 Å². The van der Waals surface area contributed by atoms with Gasteiger partial charge in [-0.25, -0.2) is 0 Å². The van der Waals surface area contributed by atoms with Gasteiger partial charge in [-0.3, -0.25) is 0 Å². The molecule has 0 amide bonds. The van der Waals surface area contributed by atoms with E-state index >= 15 is 0 Å². The second kappa shape index (κ2) is 4.89. The van der Waals surface area contributed by atoms with Gasteiger partial charge in [-0.2, -0.15) is 0 Å². The van der Waals surface area contributed by atoms with Gasteiger partial charge in [0.15, 0.2) is 0 Å². The molecule has 5 heteroatoms. The van der Waals surface area contributed by atoms with Gasteiger partial charge in [-0.05, 0) is 24.6 Å². The number of hydrogen-bond donors (Lipinski definition) is 0. The van der Waals surface area contributed by atoms with Crippen LogP contribution >= 0.6 is 6.72 Å². The van der Waals surface area contributed by atoms with Crippen LogP contribution in [0.3, 0.4) is 0 Å². The van der Waals surface area contributed by atoms with Crippen LogP contribution in [0.4, 0.5) is 0 Å². The summed E-state index contributed by atoms with van der Waals surface area (Å²) in [5.41, 5.74) is 1.11. The fourth-order valence-electron chi connectivity index (χ4n) is 0.950. The van der Waals surface area contributed by atoms with E-state index in [1.54, 1.807) is 0 Å². The first-order chi connectivity index (χ1) is 6.59. The standard InChI is InChI=1S/C9H13O3PS/c1-8-5-4-6-9(7-8)12-13(14,10-2)11-3/h4-7H,1-3H3. The molecule has 1 rings (SSSR count). The van der Waals surface area contributed by atoms with E-state index in [0.29, 0.717) is 5.75 Å². The highest BCUT2D eigenvalue weighted by Gasteiger charge is 2.17. The van der Waals surface area contributed by atoms with Gasteiger partial charge in [0.1, 0.15) is 5.75 Å². The molecule has 0 radical (unpaired) electrons. The van der Waals surface area contributed by atoms with Crippen LogP contribution in [0.15, 0.2) is 24.3 Å². The van der Waals surface area contributed by atoms with Crippen molar-refractivity contribution in [1.29, 1.82) is 0 Å². The Morgan fingerprint density at radius 1 is 1.21 bits per heavy atom. The fourth-order valence-corrected chi connectivity index (χ4v) is 1.88. The quantitative estimate of drug-likeness (QED) is 0.746. The Kier molecular flexibility index (Phi) is 4.08. The fraction of sp³-hybridized carbons (Fsp3) is 0.333. The van der Waals surface area contributed by atoms with Crippen molar-refractivity contribution in [2.24, 2.45) is 0 Å². The molecule has 0 bridgehead atoms. The molecule has 0 unspecified atom stereocenters. The van der Waals surface area contributed by atoms with Gasteiger partial charge in [0.25, 0.3) is 0 Å². The van der Waals surface area contributed by atoms with E-state index in [9.17, 15) is 0 Å². The van der Waals surface area contributed by atoms with Crippen LogP contribution in [0.5, 0.6) is 5.75 Å². The Hall–Kier alpha value is -0.410. The monoisotopic (exact) mass is 232 g/mol. The van der Waals surface area contributed by atoms with Crippen LogP contribution in [0.2, 0.25) is 0 Å². The Labute approximate surface area is 89.2 Å². The minimum atomic E-state index is -2.59. The summed E-state index contributed by atoms with van der Waals surface area (Å²) in [7, 11) is 2.97. The third-order valence-electron chi connectivity index (χ3n) is 1.65. The topological polar surface area (TPSA) is 27.7 Å². The molecule has 1 aromatic carbocycles. The van der Waals surface area contributed by atoms with E-state index < -0.39 is 6.72 Å². The molecular formula is C9H13O3PS. The van der Waals surface area contributed by atoms with Crippen molar-refractivity contribution in [3.63, 3.8) is 0 Å². The second-order valence-electron chi connectivity index (χ2n) is 2.72. The summed E-state index contributed by atoms with van der Waals surface area (Å²) in [6.45, 7) is -0.607. The maximum absolute atomic E-state index is 5.46. The van der Waals surface area contributed by atoms with Gasteiger partial charge in [0.05, 0.1) is 0 Å². The van der Waals surface area contributed by atoms with E-state index in [-0.39, 0.29) is 0 Å². The number of hydrogen-bond acceptors (Lipinski definition) is 4. The lowest BCUT2D eigenvalue weighted by atomic mass is 10.2. The average Bonchev–Trinajstić information content (AvgIpc) is 2.18. The summed E-state index contributed by atoms with van der Waals surface area (Å²) >= 11 is 5.07. The summed E-state index contributed by atoms with van der Waals surface area (Å²) in [5.74, 6) is 0.678. The third-order valence-corrected chi connectivity index (χ3v) is 4.10. The van der Waals surface area contributed by atoms with Crippen molar-refractivity contribution in [2.45, 2.75) is 6.92 Å². The highest BCUT2D eigenvalue weighted by Crippen LogP contribution is 2.48. The highest BCUT2D eigenvalue weighted by atomic mass is 32.5. The van der Waals surface area contributed by atoms with Crippen molar-refractivity contribution in [2.75, 3.05) is 14.2 Å². The van der Waals surface area contributed by atoms with Gasteiger partial charge in [0.2, 0.25) is 0 Å². The molecule has 0 saturated heterocycles. The van der Waals surface area contributed by atoms with Crippen molar-refractivity contribution in [3.8, 4) is 5.75 Å². The lowest BCUT2D eigenvalue weighted by molar-refractivity contribution is 0.273. The van der Waals surface area contributed by atoms with Crippen molar-refractivity contribution in [1.82, 2.24) is 0 Å². The first kappa shape index (κ1) is 11.7. The minimum absolute atomic E-state index is 0.678. The van der Waals surface area contributed by atoms with Crippen molar-refractivity contribution < 1.29 is 13.6 Å². The third kappa shape index (κ3) is 3.07. The van der Waals surface area contributed by atoms with Gasteiger partial charge in [-0.1, -0.05) is 12.1 Å². The first-order valence-corrected chi connectivity index (χ1v) is 6.63. The summed E-state index contributed by atoms with van der Waals surface area (Å²) in [5, 5.41) is 0. The highest BCUT2D eigenvalue weighted by molar-refractivity contribution is 8.07. The van der Waals surface area contributed by atoms with E-state index in [1.165, 1.54) is 14.2 Å². The normalized spacial score (nSPS) is 11.4. The summed E-state index contributed by atoms with van der Waals surface area (Å²) in [6.07, 6.45) is 0. The molecular weight excluding hydrogens is 219 g/mol. The predicted octanol–water partition coefficient (Wildman–Crippen LogP) is 2.89. The zero-order chi connectivity index (χ0) is 10.6. The molecule has 0 aromatic heterocycles. The zero-order valence-corrected chi connectivity index (χ0v) is 10.1. The molecule has 14 heavy (non-hydrogen) atoms. The predicted molar refractivity (Wildman–Crippen MR) is 60.1 cm³/mol. The molecule has 0 aliphatic rings. The van der Waals surface area contributed by atoms with Gasteiger partial charge >= 0.3 is 6.72 Å². The zero-order valence-electron chi connectivity index (χ0n) is 8.39. The summed E-state index contributed by atoms with van der Waals surface area (Å²) < 4.78 is 15.5. The van der Waals surface area contributed by atoms with Crippen molar-refractivity contribution in [3.05, 3.63) is 29.8 Å². The van der Waals surface area contributed by atoms with Gasteiger partial charge in [-0.15, -0.1) is 0 Å². The molecule has 0 aliphatic carbocycles. The van der Waals surface area contributed by atoms with Gasteiger partial charge < -0.3 is 13.6 Å². The van der Waals surface area contributed by atoms with Crippen LogP contribution in [0.1, 0.15) is 5.56 Å². The van der Waals surface area contributed by atoms with Crippen LogP contribution < -0.4 is 4.52 Å².